The lowest BCUT2D eigenvalue weighted by Gasteiger charge is -2.24. The highest BCUT2D eigenvalue weighted by Gasteiger charge is 2.12. The van der Waals surface area contributed by atoms with Gasteiger partial charge in [-0.05, 0) is 57.3 Å². The van der Waals surface area contributed by atoms with E-state index in [2.05, 4.69) is 16.1 Å². The molecule has 0 fully saturated rings. The van der Waals surface area contributed by atoms with Crippen LogP contribution in [0.5, 0.6) is 0 Å². The average Bonchev–Trinajstić information content (AvgIpc) is 2.60. The molecule has 0 bridgehead atoms. The average molecular weight is 349 g/mol. The van der Waals surface area contributed by atoms with Gasteiger partial charge in [0, 0.05) is 13.1 Å². The molecule has 0 aliphatic heterocycles. The van der Waals surface area contributed by atoms with Gasteiger partial charge in [0.05, 0.1) is 24.7 Å². The van der Waals surface area contributed by atoms with Gasteiger partial charge < -0.3 is 9.84 Å². The van der Waals surface area contributed by atoms with Crippen molar-refractivity contribution in [2.75, 3.05) is 26.2 Å². The van der Waals surface area contributed by atoms with Gasteiger partial charge >= 0.3 is 0 Å². The van der Waals surface area contributed by atoms with Gasteiger partial charge in [0.2, 0.25) is 0 Å². The number of aliphatic hydroxyl groups excluding tert-OH is 1. The zero-order valence-corrected chi connectivity index (χ0v) is 15.5. The van der Waals surface area contributed by atoms with Crippen molar-refractivity contribution >= 4 is 0 Å². The minimum Gasteiger partial charge on any atom is -0.492 e. The highest BCUT2D eigenvalue weighted by molar-refractivity contribution is 5.27. The summed E-state index contributed by atoms with van der Waals surface area (Å²) < 4.78 is 5.65. The minimum absolute atomic E-state index is 0.0235. The first-order valence-electron chi connectivity index (χ1n) is 9.23. The predicted octanol–water partition coefficient (Wildman–Crippen LogP) is 3.73. The van der Waals surface area contributed by atoms with Crippen LogP contribution in [0.1, 0.15) is 52.4 Å². The highest BCUT2D eigenvalue weighted by Crippen LogP contribution is 2.21. The number of aliphatic hydroxyl groups is 1. The van der Waals surface area contributed by atoms with Gasteiger partial charge in [0.25, 0.3) is 0 Å². The van der Waals surface area contributed by atoms with Crippen LogP contribution in [0, 0.1) is 22.2 Å². The maximum Gasteiger partial charge on any atom is 0.145 e. The van der Waals surface area contributed by atoms with Crippen molar-refractivity contribution < 1.29 is 9.84 Å². The molecule has 0 spiro atoms. The SMILES string of the molecule is CC(O)CN(CCCCCCOC1=CCCC=C1N=O)CC(C)C#N. The molecule has 140 valence electrons. The summed E-state index contributed by atoms with van der Waals surface area (Å²) in [6, 6.07) is 2.25. The van der Waals surface area contributed by atoms with Crippen molar-refractivity contribution in [1.29, 1.82) is 5.26 Å². The van der Waals surface area contributed by atoms with Gasteiger partial charge in [-0.2, -0.15) is 5.26 Å². The molecule has 1 rings (SSSR count). The van der Waals surface area contributed by atoms with Gasteiger partial charge in [-0.25, -0.2) is 0 Å². The Kier molecular flexibility index (Phi) is 10.8. The summed E-state index contributed by atoms with van der Waals surface area (Å²) in [5, 5.41) is 21.5. The van der Waals surface area contributed by atoms with Crippen LogP contribution in [0.15, 0.2) is 28.8 Å². The Bertz CT molecular complexity index is 495. The summed E-state index contributed by atoms with van der Waals surface area (Å²) in [7, 11) is 0. The van der Waals surface area contributed by atoms with Crippen LogP contribution in [0.2, 0.25) is 0 Å². The summed E-state index contributed by atoms with van der Waals surface area (Å²) in [6.07, 6.45) is 9.23. The predicted molar refractivity (Wildman–Crippen MR) is 98.5 cm³/mol. The molecule has 2 atom stereocenters. The zero-order chi connectivity index (χ0) is 18.5. The minimum atomic E-state index is -0.378. The Labute approximate surface area is 151 Å². The van der Waals surface area contributed by atoms with Crippen LogP contribution in [0.4, 0.5) is 0 Å². The highest BCUT2D eigenvalue weighted by atomic mass is 16.5. The maximum absolute atomic E-state index is 10.7. The van der Waals surface area contributed by atoms with Gasteiger partial charge in [0.15, 0.2) is 0 Å². The largest absolute Gasteiger partial charge is 0.492 e. The van der Waals surface area contributed by atoms with E-state index in [4.69, 9.17) is 10.00 Å². The zero-order valence-electron chi connectivity index (χ0n) is 15.5. The van der Waals surface area contributed by atoms with E-state index in [1.54, 1.807) is 6.92 Å². The summed E-state index contributed by atoms with van der Waals surface area (Å²) in [6.45, 7) is 6.48. The first kappa shape index (κ1) is 21.3. The number of nitroso groups, excluding NO2 is 1. The molecule has 0 amide bonds. The fraction of sp³-hybridized carbons (Fsp3) is 0.737. The fourth-order valence-corrected chi connectivity index (χ4v) is 2.89. The number of rotatable bonds is 13. The Hall–Kier alpha value is -1.71. The summed E-state index contributed by atoms with van der Waals surface area (Å²) in [5.41, 5.74) is 0.423. The number of nitrogens with zero attached hydrogens (tertiary/aromatic N) is 3. The molecule has 0 radical (unpaired) electrons. The molecule has 1 aliphatic carbocycles. The molecule has 0 aromatic rings. The van der Waals surface area contributed by atoms with Crippen molar-refractivity contribution in [3.63, 3.8) is 0 Å². The van der Waals surface area contributed by atoms with E-state index in [9.17, 15) is 10.0 Å². The number of hydrogen-bond donors (Lipinski definition) is 1. The molecule has 1 N–H and O–H groups in total. The van der Waals surface area contributed by atoms with Crippen molar-refractivity contribution in [3.8, 4) is 6.07 Å². The molecule has 0 aromatic carbocycles. The molecule has 0 saturated heterocycles. The number of nitriles is 1. The molecule has 0 heterocycles. The van der Waals surface area contributed by atoms with E-state index in [1.807, 2.05) is 19.1 Å². The fourth-order valence-electron chi connectivity index (χ4n) is 2.89. The topological polar surface area (TPSA) is 85.9 Å². The number of ether oxygens (including phenoxy) is 1. The molecular formula is C19H31N3O3. The lowest BCUT2D eigenvalue weighted by atomic mass is 10.1. The standard InChI is InChI=1S/C19H31N3O3/c1-16(13-20)14-22(15-17(2)23)11-7-3-4-8-12-25-19-10-6-5-9-18(19)21-24/h9-10,16-17,23H,3-8,11-12,14-15H2,1-2H3. The summed E-state index contributed by atoms with van der Waals surface area (Å²) in [4.78, 5) is 12.9. The molecule has 0 saturated carbocycles. The van der Waals surface area contributed by atoms with Gasteiger partial charge in [-0.15, -0.1) is 4.91 Å². The quantitative estimate of drug-likeness (QED) is 0.404. The van der Waals surface area contributed by atoms with Crippen LogP contribution >= 0.6 is 0 Å². The lowest BCUT2D eigenvalue weighted by molar-refractivity contribution is 0.120. The Morgan fingerprint density at radius 3 is 2.64 bits per heavy atom. The van der Waals surface area contributed by atoms with E-state index in [1.165, 1.54) is 0 Å². The van der Waals surface area contributed by atoms with E-state index in [0.29, 0.717) is 31.2 Å². The molecule has 6 heteroatoms. The smallest absolute Gasteiger partial charge is 0.145 e. The van der Waals surface area contributed by atoms with Crippen LogP contribution in [-0.4, -0.2) is 42.4 Å². The Balaban J connectivity index is 2.15. The monoisotopic (exact) mass is 349 g/mol. The van der Waals surface area contributed by atoms with Gasteiger partial charge in [-0.1, -0.05) is 18.9 Å². The molecule has 2 unspecified atom stereocenters. The van der Waals surface area contributed by atoms with Crippen LogP contribution in [0.25, 0.3) is 0 Å². The molecule has 1 aliphatic rings. The van der Waals surface area contributed by atoms with Crippen molar-refractivity contribution in [2.45, 2.75) is 58.5 Å². The molecule has 6 nitrogen and oxygen atoms in total. The molecular weight excluding hydrogens is 318 g/mol. The number of unbranched alkanes of at least 4 members (excludes halogenated alkanes) is 3. The van der Waals surface area contributed by atoms with E-state index >= 15 is 0 Å². The van der Waals surface area contributed by atoms with Gasteiger partial charge in [0.1, 0.15) is 11.5 Å². The second-order valence-corrected chi connectivity index (χ2v) is 6.73. The first-order valence-corrected chi connectivity index (χ1v) is 9.23. The van der Waals surface area contributed by atoms with Crippen LogP contribution < -0.4 is 0 Å². The lowest BCUT2D eigenvalue weighted by Crippen LogP contribution is -2.35. The van der Waals surface area contributed by atoms with Crippen LogP contribution in [-0.2, 0) is 4.74 Å². The number of allylic oxidation sites excluding steroid dienone is 2. The van der Waals surface area contributed by atoms with E-state index in [0.717, 1.165) is 45.1 Å². The third-order valence-corrected chi connectivity index (χ3v) is 4.09. The molecule has 0 aromatic heterocycles. The second kappa shape index (κ2) is 12.6. The third-order valence-electron chi connectivity index (χ3n) is 4.09. The van der Waals surface area contributed by atoms with E-state index in [-0.39, 0.29) is 12.0 Å². The van der Waals surface area contributed by atoms with E-state index < -0.39 is 0 Å². The Morgan fingerprint density at radius 2 is 1.96 bits per heavy atom. The van der Waals surface area contributed by atoms with Crippen molar-refractivity contribution in [2.24, 2.45) is 11.1 Å². The van der Waals surface area contributed by atoms with Crippen LogP contribution in [0.3, 0.4) is 0 Å². The van der Waals surface area contributed by atoms with Gasteiger partial charge in [-0.3, -0.25) is 4.90 Å². The third kappa shape index (κ3) is 9.37. The molecule has 25 heavy (non-hydrogen) atoms. The first-order chi connectivity index (χ1) is 12.1. The number of hydrogen-bond acceptors (Lipinski definition) is 6. The normalized spacial score (nSPS) is 16.6. The summed E-state index contributed by atoms with van der Waals surface area (Å²) in [5.74, 6) is 0.597. The second-order valence-electron chi connectivity index (χ2n) is 6.73. The Morgan fingerprint density at radius 1 is 1.24 bits per heavy atom. The summed E-state index contributed by atoms with van der Waals surface area (Å²) >= 11 is 0. The van der Waals surface area contributed by atoms with Crippen molar-refractivity contribution in [1.82, 2.24) is 4.90 Å². The van der Waals surface area contributed by atoms with Crippen molar-refractivity contribution in [3.05, 3.63) is 28.5 Å². The maximum atomic E-state index is 10.7.